The molecular weight excluding hydrogens is 256 g/mol. The minimum atomic E-state index is -0.0660. The summed E-state index contributed by atoms with van der Waals surface area (Å²) in [5.41, 5.74) is 0.587. The summed E-state index contributed by atoms with van der Waals surface area (Å²) in [4.78, 5) is 15.8. The van der Waals surface area contributed by atoms with Gasteiger partial charge in [0, 0.05) is 12.2 Å². The van der Waals surface area contributed by atoms with E-state index in [0.717, 1.165) is 12.8 Å². The highest BCUT2D eigenvalue weighted by Gasteiger charge is 2.13. The predicted octanol–water partition coefficient (Wildman–Crippen LogP) is 2.76. The van der Waals surface area contributed by atoms with Gasteiger partial charge in [0.2, 0.25) is 0 Å². The molecule has 0 aromatic carbocycles. The molecule has 1 aromatic heterocycles. The second-order valence-corrected chi connectivity index (χ2v) is 4.08. The number of aromatic nitrogens is 1. The highest BCUT2D eigenvalue weighted by molar-refractivity contribution is 9.10. The molecule has 0 saturated carbocycles. The Hall–Kier alpha value is -0.900. The predicted molar refractivity (Wildman–Crippen MR) is 63.8 cm³/mol. The first-order valence-corrected chi connectivity index (χ1v) is 5.89. The van der Waals surface area contributed by atoms with Crippen molar-refractivity contribution in [3.05, 3.63) is 28.5 Å². The van der Waals surface area contributed by atoms with E-state index in [4.69, 9.17) is 0 Å². The van der Waals surface area contributed by atoms with Crippen molar-refractivity contribution in [2.24, 2.45) is 0 Å². The fourth-order valence-electron chi connectivity index (χ4n) is 1.31. The lowest BCUT2D eigenvalue weighted by molar-refractivity contribution is 0.0933. The van der Waals surface area contributed by atoms with Crippen LogP contribution in [0, 0.1) is 0 Å². The Labute approximate surface area is 98.4 Å². The van der Waals surface area contributed by atoms with Crippen molar-refractivity contribution in [3.63, 3.8) is 0 Å². The van der Waals surface area contributed by atoms with E-state index in [9.17, 15) is 4.79 Å². The van der Waals surface area contributed by atoms with Gasteiger partial charge in [0.25, 0.3) is 5.91 Å². The Morgan fingerprint density at radius 1 is 1.53 bits per heavy atom. The lowest BCUT2D eigenvalue weighted by Gasteiger charge is -2.14. The fraction of sp³-hybridized carbons (Fsp3) is 0.455. The first-order valence-electron chi connectivity index (χ1n) is 5.10. The van der Waals surface area contributed by atoms with E-state index in [2.05, 4.69) is 40.1 Å². The summed E-state index contributed by atoms with van der Waals surface area (Å²) < 4.78 is 0.591. The van der Waals surface area contributed by atoms with Crippen LogP contribution in [-0.4, -0.2) is 16.9 Å². The second kappa shape index (κ2) is 5.85. The van der Waals surface area contributed by atoms with E-state index in [1.807, 2.05) is 0 Å². The first kappa shape index (κ1) is 12.2. The molecule has 1 rings (SSSR count). The molecule has 0 radical (unpaired) electrons. The number of pyridine rings is 1. The number of carbonyl (C=O) groups excluding carboxylic acids is 1. The van der Waals surface area contributed by atoms with E-state index in [-0.39, 0.29) is 11.9 Å². The Balaban J connectivity index is 2.73. The molecule has 1 heterocycles. The highest BCUT2D eigenvalue weighted by Crippen LogP contribution is 2.12. The quantitative estimate of drug-likeness (QED) is 0.855. The molecule has 0 bridgehead atoms. The van der Waals surface area contributed by atoms with Gasteiger partial charge >= 0.3 is 0 Å². The van der Waals surface area contributed by atoms with E-state index >= 15 is 0 Å². The SMILES string of the molecule is CCC(CC)NC(=O)c1cccnc1Br. The first-order chi connectivity index (χ1) is 7.19. The summed E-state index contributed by atoms with van der Waals surface area (Å²) in [6.07, 6.45) is 3.54. The maximum Gasteiger partial charge on any atom is 0.254 e. The molecule has 1 amide bonds. The zero-order valence-electron chi connectivity index (χ0n) is 8.96. The van der Waals surface area contributed by atoms with Crippen molar-refractivity contribution in [1.29, 1.82) is 0 Å². The topological polar surface area (TPSA) is 42.0 Å². The second-order valence-electron chi connectivity index (χ2n) is 3.33. The molecule has 1 N–H and O–H groups in total. The Bertz CT molecular complexity index is 337. The van der Waals surface area contributed by atoms with E-state index < -0.39 is 0 Å². The number of amides is 1. The third-order valence-electron chi connectivity index (χ3n) is 2.32. The van der Waals surface area contributed by atoms with Gasteiger partial charge in [0.1, 0.15) is 4.60 Å². The smallest absolute Gasteiger partial charge is 0.254 e. The number of nitrogens with zero attached hydrogens (tertiary/aromatic N) is 1. The summed E-state index contributed by atoms with van der Waals surface area (Å²) in [7, 11) is 0. The monoisotopic (exact) mass is 270 g/mol. The van der Waals surface area contributed by atoms with Crippen LogP contribution in [0.5, 0.6) is 0 Å². The standard InChI is InChI=1S/C11H15BrN2O/c1-3-8(4-2)14-11(15)9-6-5-7-13-10(9)12/h5-8H,3-4H2,1-2H3,(H,14,15). The molecule has 15 heavy (non-hydrogen) atoms. The van der Waals surface area contributed by atoms with E-state index in [1.165, 1.54) is 0 Å². The molecule has 0 saturated heterocycles. The molecule has 4 heteroatoms. The zero-order valence-corrected chi connectivity index (χ0v) is 10.5. The van der Waals surface area contributed by atoms with Crippen LogP contribution in [0.15, 0.2) is 22.9 Å². The summed E-state index contributed by atoms with van der Waals surface area (Å²) in [5, 5.41) is 2.96. The van der Waals surface area contributed by atoms with Crippen LogP contribution in [0.2, 0.25) is 0 Å². The normalized spacial score (nSPS) is 10.4. The molecule has 0 aliphatic rings. The van der Waals surface area contributed by atoms with Crippen molar-refractivity contribution >= 4 is 21.8 Å². The summed E-state index contributed by atoms with van der Waals surface area (Å²) in [6, 6.07) is 3.76. The van der Waals surface area contributed by atoms with Crippen molar-refractivity contribution < 1.29 is 4.79 Å². The van der Waals surface area contributed by atoms with Crippen LogP contribution in [0.1, 0.15) is 37.0 Å². The van der Waals surface area contributed by atoms with E-state index in [0.29, 0.717) is 10.2 Å². The van der Waals surface area contributed by atoms with Gasteiger partial charge in [-0.2, -0.15) is 0 Å². The molecule has 82 valence electrons. The molecule has 0 atom stereocenters. The van der Waals surface area contributed by atoms with Gasteiger partial charge in [-0.1, -0.05) is 13.8 Å². The van der Waals surface area contributed by atoms with Crippen molar-refractivity contribution in [3.8, 4) is 0 Å². The highest BCUT2D eigenvalue weighted by atomic mass is 79.9. The Kier molecular flexibility index (Phi) is 4.75. The summed E-state index contributed by atoms with van der Waals surface area (Å²) in [5.74, 6) is -0.0660. The van der Waals surface area contributed by atoms with Gasteiger partial charge in [0.15, 0.2) is 0 Å². The summed E-state index contributed by atoms with van der Waals surface area (Å²) in [6.45, 7) is 4.12. The van der Waals surface area contributed by atoms with Gasteiger partial charge in [-0.05, 0) is 40.9 Å². The van der Waals surface area contributed by atoms with Crippen molar-refractivity contribution in [2.45, 2.75) is 32.7 Å². The van der Waals surface area contributed by atoms with Crippen LogP contribution in [0.4, 0.5) is 0 Å². The van der Waals surface area contributed by atoms with Gasteiger partial charge < -0.3 is 5.32 Å². The minimum Gasteiger partial charge on any atom is -0.349 e. The van der Waals surface area contributed by atoms with Crippen LogP contribution in [0.3, 0.4) is 0 Å². The van der Waals surface area contributed by atoms with Gasteiger partial charge in [-0.15, -0.1) is 0 Å². The number of halogens is 1. The van der Waals surface area contributed by atoms with Crippen LogP contribution >= 0.6 is 15.9 Å². The Morgan fingerprint density at radius 2 is 2.20 bits per heavy atom. The molecule has 0 fully saturated rings. The van der Waals surface area contributed by atoms with Gasteiger partial charge in [0.05, 0.1) is 5.56 Å². The molecule has 0 aliphatic heterocycles. The number of carbonyl (C=O) groups is 1. The van der Waals surface area contributed by atoms with Gasteiger partial charge in [-0.3, -0.25) is 4.79 Å². The van der Waals surface area contributed by atoms with E-state index in [1.54, 1.807) is 18.3 Å². The van der Waals surface area contributed by atoms with Crippen LogP contribution in [-0.2, 0) is 0 Å². The fourth-order valence-corrected chi connectivity index (χ4v) is 1.74. The average molecular weight is 271 g/mol. The minimum absolute atomic E-state index is 0.0660. The number of rotatable bonds is 4. The van der Waals surface area contributed by atoms with Crippen LogP contribution < -0.4 is 5.32 Å². The third kappa shape index (κ3) is 3.30. The molecule has 1 aromatic rings. The van der Waals surface area contributed by atoms with Crippen LogP contribution in [0.25, 0.3) is 0 Å². The maximum absolute atomic E-state index is 11.8. The summed E-state index contributed by atoms with van der Waals surface area (Å²) >= 11 is 3.26. The van der Waals surface area contributed by atoms with Crippen molar-refractivity contribution in [1.82, 2.24) is 10.3 Å². The molecule has 3 nitrogen and oxygen atoms in total. The van der Waals surface area contributed by atoms with Gasteiger partial charge in [-0.25, -0.2) is 4.98 Å². The lowest BCUT2D eigenvalue weighted by atomic mass is 10.1. The lowest BCUT2D eigenvalue weighted by Crippen LogP contribution is -2.34. The molecule has 0 aliphatic carbocycles. The molecule has 0 spiro atoms. The third-order valence-corrected chi connectivity index (χ3v) is 2.96. The number of hydrogen-bond acceptors (Lipinski definition) is 2. The Morgan fingerprint density at radius 3 is 2.73 bits per heavy atom. The average Bonchev–Trinajstić information content (AvgIpc) is 2.26. The zero-order chi connectivity index (χ0) is 11.3. The largest absolute Gasteiger partial charge is 0.349 e. The maximum atomic E-state index is 11.8. The number of nitrogens with one attached hydrogen (secondary N) is 1. The number of hydrogen-bond donors (Lipinski definition) is 1. The molecule has 0 unspecified atom stereocenters. The van der Waals surface area contributed by atoms with Crippen molar-refractivity contribution in [2.75, 3.05) is 0 Å². The molecular formula is C11H15BrN2O.